The molecule has 1 rings (SSSR count). The Morgan fingerprint density at radius 1 is 1.31 bits per heavy atom. The number of hydrogen-bond acceptors (Lipinski definition) is 2. The zero-order valence-corrected chi connectivity index (χ0v) is 11.3. The number of benzene rings is 1. The van der Waals surface area contributed by atoms with Gasteiger partial charge in [-0.2, -0.15) is 0 Å². The van der Waals surface area contributed by atoms with Gasteiger partial charge in [-0.25, -0.2) is 0 Å². The molecule has 0 fully saturated rings. The number of carbonyl (C=O) groups is 1. The summed E-state index contributed by atoms with van der Waals surface area (Å²) in [6.07, 6.45) is 0.634. The van der Waals surface area contributed by atoms with Crippen LogP contribution in [0.1, 0.15) is 44.9 Å². The Hall–Kier alpha value is -0.760. The molecule has 0 heterocycles. The first kappa shape index (κ1) is 13.3. The Balaban J connectivity index is 2.64. The largest absolute Gasteiger partial charge is 0.300 e. The van der Waals surface area contributed by atoms with Gasteiger partial charge >= 0.3 is 0 Å². The Morgan fingerprint density at radius 2 is 1.88 bits per heavy atom. The predicted octanol–water partition coefficient (Wildman–Crippen LogP) is 4.24. The Kier molecular flexibility index (Phi) is 4.60. The summed E-state index contributed by atoms with van der Waals surface area (Å²) in [5.41, 5.74) is 1.32. The van der Waals surface area contributed by atoms with Crippen LogP contribution in [0, 0.1) is 0 Å². The molecule has 0 aliphatic heterocycles. The third-order valence-corrected chi connectivity index (χ3v) is 3.85. The van der Waals surface area contributed by atoms with Gasteiger partial charge < -0.3 is 0 Å². The molecular weight excluding hydrogens is 216 g/mol. The second kappa shape index (κ2) is 5.53. The molecule has 1 nitrogen and oxygen atoms in total. The van der Waals surface area contributed by atoms with E-state index in [1.54, 1.807) is 6.92 Å². The summed E-state index contributed by atoms with van der Waals surface area (Å²) in [7, 11) is 0. The average Bonchev–Trinajstić information content (AvgIpc) is 2.16. The number of Topliss-reactive ketones (excluding diaryl/α,β-unsaturated/α-hetero) is 1. The standard InChI is InChI=1S/C14H20OS/c1-11(15)10-14(3,4)16-12(2)13-8-6-5-7-9-13/h5-9,12H,10H2,1-4H3. The van der Waals surface area contributed by atoms with Crippen LogP contribution in [0.15, 0.2) is 30.3 Å². The van der Waals surface area contributed by atoms with Gasteiger partial charge in [0.25, 0.3) is 0 Å². The first-order chi connectivity index (χ1) is 7.41. The zero-order valence-electron chi connectivity index (χ0n) is 10.5. The van der Waals surface area contributed by atoms with Crippen molar-refractivity contribution in [2.75, 3.05) is 0 Å². The van der Waals surface area contributed by atoms with Crippen LogP contribution < -0.4 is 0 Å². The maximum Gasteiger partial charge on any atom is 0.131 e. The van der Waals surface area contributed by atoms with E-state index >= 15 is 0 Å². The first-order valence-corrected chi connectivity index (χ1v) is 6.51. The molecule has 1 atom stereocenters. The van der Waals surface area contributed by atoms with Gasteiger partial charge in [-0.15, -0.1) is 11.8 Å². The molecule has 0 saturated heterocycles. The van der Waals surface area contributed by atoms with Gasteiger partial charge in [0.1, 0.15) is 5.78 Å². The lowest BCUT2D eigenvalue weighted by molar-refractivity contribution is -0.117. The zero-order chi connectivity index (χ0) is 12.2. The van der Waals surface area contributed by atoms with Crippen LogP contribution >= 0.6 is 11.8 Å². The number of thioether (sulfide) groups is 1. The summed E-state index contributed by atoms with van der Waals surface area (Å²) >= 11 is 1.86. The second-order valence-corrected chi connectivity index (χ2v) is 6.86. The number of hydrogen-bond donors (Lipinski definition) is 0. The minimum absolute atomic E-state index is 0.0150. The van der Waals surface area contributed by atoms with E-state index in [9.17, 15) is 4.79 Å². The van der Waals surface area contributed by atoms with Crippen LogP contribution in [0.3, 0.4) is 0 Å². The first-order valence-electron chi connectivity index (χ1n) is 5.63. The van der Waals surface area contributed by atoms with Gasteiger partial charge in [-0.05, 0) is 19.4 Å². The average molecular weight is 236 g/mol. The molecule has 0 aliphatic carbocycles. The number of carbonyl (C=O) groups excluding carboxylic acids is 1. The van der Waals surface area contributed by atoms with Crippen molar-refractivity contribution in [2.45, 2.75) is 44.1 Å². The fourth-order valence-corrected chi connectivity index (χ4v) is 3.45. The highest BCUT2D eigenvalue weighted by molar-refractivity contribution is 8.00. The van der Waals surface area contributed by atoms with E-state index in [1.165, 1.54) is 5.56 Å². The summed E-state index contributed by atoms with van der Waals surface area (Å²) in [5.74, 6) is 0.262. The van der Waals surface area contributed by atoms with Gasteiger partial charge in [0, 0.05) is 16.4 Å². The Morgan fingerprint density at radius 3 is 2.38 bits per heavy atom. The predicted molar refractivity (Wildman–Crippen MR) is 71.8 cm³/mol. The summed E-state index contributed by atoms with van der Waals surface area (Å²) in [6.45, 7) is 8.13. The van der Waals surface area contributed by atoms with E-state index in [0.29, 0.717) is 11.7 Å². The monoisotopic (exact) mass is 236 g/mol. The van der Waals surface area contributed by atoms with Gasteiger partial charge in [-0.1, -0.05) is 44.2 Å². The van der Waals surface area contributed by atoms with Crippen molar-refractivity contribution in [1.29, 1.82) is 0 Å². The maximum atomic E-state index is 11.2. The lowest BCUT2D eigenvalue weighted by atomic mass is 10.1. The fourth-order valence-electron chi connectivity index (χ4n) is 1.91. The molecule has 2 heteroatoms. The maximum absolute atomic E-state index is 11.2. The van der Waals surface area contributed by atoms with Crippen molar-refractivity contribution in [3.63, 3.8) is 0 Å². The molecule has 16 heavy (non-hydrogen) atoms. The minimum atomic E-state index is 0.0150. The smallest absolute Gasteiger partial charge is 0.131 e. The van der Waals surface area contributed by atoms with E-state index in [-0.39, 0.29) is 10.5 Å². The van der Waals surface area contributed by atoms with E-state index < -0.39 is 0 Å². The quantitative estimate of drug-likeness (QED) is 0.760. The van der Waals surface area contributed by atoms with Gasteiger partial charge in [0.15, 0.2) is 0 Å². The van der Waals surface area contributed by atoms with Gasteiger partial charge in [0.05, 0.1) is 0 Å². The molecule has 0 spiro atoms. The van der Waals surface area contributed by atoms with E-state index in [1.807, 2.05) is 17.8 Å². The highest BCUT2D eigenvalue weighted by atomic mass is 32.2. The molecule has 0 bridgehead atoms. The summed E-state index contributed by atoms with van der Waals surface area (Å²) in [6, 6.07) is 10.4. The Bertz CT molecular complexity index is 343. The van der Waals surface area contributed by atoms with Crippen LogP contribution in [0.25, 0.3) is 0 Å². The van der Waals surface area contributed by atoms with Crippen LogP contribution in [0.2, 0.25) is 0 Å². The number of rotatable bonds is 5. The summed E-state index contributed by atoms with van der Waals surface area (Å²) in [5, 5.41) is 0.426. The van der Waals surface area contributed by atoms with Crippen molar-refractivity contribution in [2.24, 2.45) is 0 Å². The van der Waals surface area contributed by atoms with Crippen molar-refractivity contribution >= 4 is 17.5 Å². The normalized spacial score (nSPS) is 13.5. The third kappa shape index (κ3) is 4.40. The van der Waals surface area contributed by atoms with Crippen LogP contribution in [-0.4, -0.2) is 10.5 Å². The van der Waals surface area contributed by atoms with Crippen LogP contribution in [0.5, 0.6) is 0 Å². The van der Waals surface area contributed by atoms with E-state index in [0.717, 1.165) is 0 Å². The molecule has 0 radical (unpaired) electrons. The molecule has 0 aromatic heterocycles. The van der Waals surface area contributed by atoms with Crippen molar-refractivity contribution in [3.8, 4) is 0 Å². The van der Waals surface area contributed by atoms with E-state index in [2.05, 4.69) is 45.0 Å². The Labute approximate surface area is 103 Å². The highest BCUT2D eigenvalue weighted by Crippen LogP contribution is 2.40. The van der Waals surface area contributed by atoms with Crippen LogP contribution in [0.4, 0.5) is 0 Å². The minimum Gasteiger partial charge on any atom is -0.300 e. The molecule has 1 aromatic carbocycles. The lowest BCUT2D eigenvalue weighted by Crippen LogP contribution is -2.19. The number of ketones is 1. The topological polar surface area (TPSA) is 17.1 Å². The van der Waals surface area contributed by atoms with Crippen LogP contribution in [-0.2, 0) is 4.79 Å². The highest BCUT2D eigenvalue weighted by Gasteiger charge is 2.24. The summed E-state index contributed by atoms with van der Waals surface area (Å²) in [4.78, 5) is 11.2. The SMILES string of the molecule is CC(=O)CC(C)(C)SC(C)c1ccccc1. The van der Waals surface area contributed by atoms with Gasteiger partial charge in [-0.3, -0.25) is 4.79 Å². The third-order valence-electron chi connectivity index (χ3n) is 2.44. The lowest BCUT2D eigenvalue weighted by Gasteiger charge is -2.26. The van der Waals surface area contributed by atoms with Crippen molar-refractivity contribution in [3.05, 3.63) is 35.9 Å². The van der Waals surface area contributed by atoms with Crippen molar-refractivity contribution < 1.29 is 4.79 Å². The second-order valence-electron chi connectivity index (χ2n) is 4.81. The van der Waals surface area contributed by atoms with Gasteiger partial charge in [0.2, 0.25) is 0 Å². The van der Waals surface area contributed by atoms with E-state index in [4.69, 9.17) is 0 Å². The molecule has 0 amide bonds. The molecule has 0 N–H and O–H groups in total. The molecule has 1 aromatic rings. The summed E-state index contributed by atoms with van der Waals surface area (Å²) < 4.78 is 0.0150. The van der Waals surface area contributed by atoms with Crippen molar-refractivity contribution in [1.82, 2.24) is 0 Å². The molecule has 88 valence electrons. The molecular formula is C14H20OS. The molecule has 1 unspecified atom stereocenters. The fraction of sp³-hybridized carbons (Fsp3) is 0.500. The molecule has 0 saturated carbocycles. The molecule has 0 aliphatic rings.